The van der Waals surface area contributed by atoms with E-state index in [0.717, 1.165) is 9.22 Å². The Hall–Kier alpha value is -1.02. The number of thioether (sulfide) groups is 1. The molecule has 8 heteroatoms. The summed E-state index contributed by atoms with van der Waals surface area (Å²) in [5, 5.41) is 3.79. The fraction of sp³-hybridized carbons (Fsp3) is 0.500. The Morgan fingerprint density at radius 1 is 1.50 bits per heavy atom. The maximum Gasteiger partial charge on any atom is 0.301 e. The van der Waals surface area contributed by atoms with Gasteiger partial charge in [0, 0.05) is 35.9 Å². The minimum absolute atomic E-state index is 0.0395. The van der Waals surface area contributed by atoms with Gasteiger partial charge in [0.05, 0.1) is 0 Å². The molecule has 1 aromatic heterocycles. The molecule has 20 heavy (non-hydrogen) atoms. The highest BCUT2D eigenvalue weighted by molar-refractivity contribution is 8.01. The third-order valence-electron chi connectivity index (χ3n) is 1.92. The van der Waals surface area contributed by atoms with E-state index >= 15 is 0 Å². The number of hydrogen-bond acceptors (Lipinski definition) is 5. The van der Waals surface area contributed by atoms with Crippen LogP contribution in [-0.4, -0.2) is 23.1 Å². The molecule has 0 spiro atoms. The van der Waals surface area contributed by atoms with Crippen LogP contribution < -0.4 is 0 Å². The van der Waals surface area contributed by atoms with E-state index in [-0.39, 0.29) is 18.3 Å². The topological polar surface area (TPSA) is 34.5 Å². The molecule has 0 aliphatic carbocycles. The first-order valence-corrected chi connectivity index (χ1v) is 7.74. The number of nitrogens with zero attached hydrogens (tertiary/aromatic N) is 2. The molecule has 0 radical (unpaired) electrons. The lowest BCUT2D eigenvalue weighted by Crippen LogP contribution is -1.96. The number of oxime groups is 1. The van der Waals surface area contributed by atoms with Crippen molar-refractivity contribution in [3.05, 3.63) is 23.0 Å². The first-order chi connectivity index (χ1) is 9.49. The van der Waals surface area contributed by atoms with Gasteiger partial charge >= 0.3 is 6.08 Å². The molecular weight excluding hydrogens is 309 g/mol. The van der Waals surface area contributed by atoms with Crippen LogP contribution in [0.15, 0.2) is 27.6 Å². The van der Waals surface area contributed by atoms with Gasteiger partial charge in [-0.2, -0.15) is 8.78 Å². The van der Waals surface area contributed by atoms with Gasteiger partial charge in [-0.05, 0) is 13.8 Å². The number of allylic oxidation sites excluding steroid dienone is 1. The van der Waals surface area contributed by atoms with E-state index in [9.17, 15) is 13.2 Å². The molecule has 0 aliphatic rings. The summed E-state index contributed by atoms with van der Waals surface area (Å²) in [6.45, 7) is 3.76. The molecule has 3 nitrogen and oxygen atoms in total. The summed E-state index contributed by atoms with van der Waals surface area (Å²) >= 11 is 2.69. The highest BCUT2D eigenvalue weighted by Crippen LogP contribution is 2.26. The van der Waals surface area contributed by atoms with Crippen LogP contribution in [0.25, 0.3) is 0 Å². The molecule has 0 saturated carbocycles. The van der Waals surface area contributed by atoms with Gasteiger partial charge in [-0.3, -0.25) is 0 Å². The lowest BCUT2D eigenvalue weighted by atomic mass is 10.4. The normalized spacial score (nSPS) is 11.3. The molecular formula is C12H15F3N2OS2. The van der Waals surface area contributed by atoms with Crippen molar-refractivity contribution in [2.24, 2.45) is 5.16 Å². The van der Waals surface area contributed by atoms with Crippen LogP contribution in [0.5, 0.6) is 0 Å². The van der Waals surface area contributed by atoms with Gasteiger partial charge in [0.25, 0.3) is 0 Å². The quantitative estimate of drug-likeness (QED) is 0.396. The molecule has 0 N–H and O–H groups in total. The second-order valence-corrected chi connectivity index (χ2v) is 6.46. The zero-order valence-electron chi connectivity index (χ0n) is 11.1. The van der Waals surface area contributed by atoms with Crippen LogP contribution in [0, 0.1) is 0 Å². The van der Waals surface area contributed by atoms with Crippen molar-refractivity contribution in [1.82, 2.24) is 4.98 Å². The van der Waals surface area contributed by atoms with Crippen LogP contribution in [0.3, 0.4) is 0 Å². The fourth-order valence-electron chi connectivity index (χ4n) is 1.07. The van der Waals surface area contributed by atoms with E-state index in [2.05, 4.69) is 10.1 Å². The number of aromatic nitrogens is 1. The maximum atomic E-state index is 12.6. The van der Waals surface area contributed by atoms with Crippen LogP contribution in [0.2, 0.25) is 0 Å². The number of rotatable bonds is 8. The SMILES string of the molecule is CC(C)O/N=C\Cc1cnc(SCCC(F)=C(F)F)s1. The molecule has 0 fully saturated rings. The average Bonchev–Trinajstić information content (AvgIpc) is 2.82. The molecule has 0 unspecified atom stereocenters. The second kappa shape index (κ2) is 9.02. The van der Waals surface area contributed by atoms with Crippen molar-refractivity contribution in [3.63, 3.8) is 0 Å². The standard InChI is InChI=1S/C12H15F3N2OS2/c1-8(2)18-17-5-3-9-7-16-12(20-9)19-6-4-10(13)11(14)15/h5,7-8H,3-4,6H2,1-2H3/b17-5-. The predicted octanol–water partition coefficient (Wildman–Crippen LogP) is 4.66. The first-order valence-electron chi connectivity index (χ1n) is 5.94. The Labute approximate surface area is 123 Å². The zero-order valence-corrected chi connectivity index (χ0v) is 12.7. The van der Waals surface area contributed by atoms with Crippen molar-refractivity contribution < 1.29 is 18.0 Å². The molecule has 0 atom stereocenters. The third-order valence-corrected chi connectivity index (χ3v) is 4.10. The third kappa shape index (κ3) is 6.95. The minimum atomic E-state index is -2.24. The van der Waals surface area contributed by atoms with Crippen molar-refractivity contribution in [3.8, 4) is 0 Å². The molecule has 0 bridgehead atoms. The largest absolute Gasteiger partial charge is 0.393 e. The number of hydrogen-bond donors (Lipinski definition) is 0. The summed E-state index contributed by atoms with van der Waals surface area (Å²) in [4.78, 5) is 10.1. The van der Waals surface area contributed by atoms with Gasteiger partial charge < -0.3 is 4.84 Å². The highest BCUT2D eigenvalue weighted by atomic mass is 32.2. The Bertz CT molecular complexity index is 471. The fourth-order valence-corrected chi connectivity index (χ4v) is 3.05. The van der Waals surface area contributed by atoms with Crippen LogP contribution in [-0.2, 0) is 11.3 Å². The van der Waals surface area contributed by atoms with Crippen LogP contribution in [0.4, 0.5) is 13.2 Å². The smallest absolute Gasteiger partial charge is 0.301 e. The Morgan fingerprint density at radius 3 is 2.90 bits per heavy atom. The Morgan fingerprint density at radius 2 is 2.25 bits per heavy atom. The van der Waals surface area contributed by atoms with Crippen LogP contribution in [0.1, 0.15) is 25.1 Å². The van der Waals surface area contributed by atoms with E-state index < -0.39 is 11.9 Å². The van der Waals surface area contributed by atoms with E-state index in [0.29, 0.717) is 6.42 Å². The summed E-state index contributed by atoms with van der Waals surface area (Å²) in [5.74, 6) is -1.12. The Balaban J connectivity index is 2.33. The molecule has 112 valence electrons. The van der Waals surface area contributed by atoms with E-state index in [1.165, 1.54) is 23.1 Å². The molecule has 0 aliphatic heterocycles. The van der Waals surface area contributed by atoms with Gasteiger partial charge in [0.15, 0.2) is 5.83 Å². The van der Waals surface area contributed by atoms with Gasteiger partial charge in [-0.15, -0.1) is 11.3 Å². The molecule has 1 rings (SSSR count). The first kappa shape index (κ1) is 17.0. The summed E-state index contributed by atoms with van der Waals surface area (Å²) in [7, 11) is 0. The summed E-state index contributed by atoms with van der Waals surface area (Å²) in [6.07, 6.45) is 1.44. The highest BCUT2D eigenvalue weighted by Gasteiger charge is 2.07. The van der Waals surface area contributed by atoms with Gasteiger partial charge in [0.2, 0.25) is 0 Å². The number of halogens is 3. The molecule has 1 aromatic rings. The summed E-state index contributed by atoms with van der Waals surface area (Å²) in [5.41, 5.74) is 0. The van der Waals surface area contributed by atoms with Gasteiger partial charge in [-0.1, -0.05) is 16.9 Å². The van der Waals surface area contributed by atoms with Crippen molar-refractivity contribution in [1.29, 1.82) is 0 Å². The minimum Gasteiger partial charge on any atom is -0.393 e. The summed E-state index contributed by atoms with van der Waals surface area (Å²) < 4.78 is 37.0. The van der Waals surface area contributed by atoms with E-state index in [1.54, 1.807) is 12.4 Å². The second-order valence-electron chi connectivity index (χ2n) is 4.00. The maximum absolute atomic E-state index is 12.6. The van der Waals surface area contributed by atoms with Crippen molar-refractivity contribution in [2.75, 3.05) is 5.75 Å². The van der Waals surface area contributed by atoms with Crippen molar-refractivity contribution in [2.45, 2.75) is 37.1 Å². The molecule has 0 saturated heterocycles. The van der Waals surface area contributed by atoms with Crippen molar-refractivity contribution >= 4 is 29.3 Å². The monoisotopic (exact) mass is 324 g/mol. The zero-order chi connectivity index (χ0) is 15.0. The Kier molecular flexibility index (Phi) is 7.68. The van der Waals surface area contributed by atoms with E-state index in [4.69, 9.17) is 4.84 Å². The van der Waals surface area contributed by atoms with Gasteiger partial charge in [-0.25, -0.2) is 9.37 Å². The molecule has 0 amide bonds. The summed E-state index contributed by atoms with van der Waals surface area (Å²) in [6, 6.07) is 0. The van der Waals surface area contributed by atoms with Crippen LogP contribution >= 0.6 is 23.1 Å². The lowest BCUT2D eigenvalue weighted by Gasteiger charge is -1.99. The average molecular weight is 324 g/mol. The molecule has 1 heterocycles. The molecule has 0 aromatic carbocycles. The number of thiazole rings is 1. The predicted molar refractivity (Wildman–Crippen MR) is 76.2 cm³/mol. The lowest BCUT2D eigenvalue weighted by molar-refractivity contribution is 0.0869. The van der Waals surface area contributed by atoms with E-state index in [1.807, 2.05) is 13.8 Å². The van der Waals surface area contributed by atoms with Gasteiger partial charge in [0.1, 0.15) is 10.4 Å².